The Kier molecular flexibility index (Phi) is 7.72. The first kappa shape index (κ1) is 26.6. The van der Waals surface area contributed by atoms with E-state index in [0.29, 0.717) is 16.7 Å². The molecule has 0 saturated heterocycles. The highest BCUT2D eigenvalue weighted by Gasteiger charge is 2.36. The van der Waals surface area contributed by atoms with Crippen LogP contribution in [0.5, 0.6) is 5.88 Å². The zero-order chi connectivity index (χ0) is 26.9. The summed E-state index contributed by atoms with van der Waals surface area (Å²) < 4.78 is 32.9. The van der Waals surface area contributed by atoms with Crippen LogP contribution in [0.3, 0.4) is 0 Å². The summed E-state index contributed by atoms with van der Waals surface area (Å²) in [5.41, 5.74) is 2.60. The van der Waals surface area contributed by atoms with E-state index < -0.39 is 9.73 Å². The Morgan fingerprint density at radius 2 is 1.79 bits per heavy atom. The van der Waals surface area contributed by atoms with Crippen molar-refractivity contribution in [1.29, 1.82) is 4.78 Å². The Bertz CT molecular complexity index is 1390. The predicted octanol–water partition coefficient (Wildman–Crippen LogP) is 6.61. The fourth-order valence-corrected chi connectivity index (χ4v) is 8.06. The molecule has 2 aromatic heterocycles. The van der Waals surface area contributed by atoms with Crippen molar-refractivity contribution in [2.24, 2.45) is 0 Å². The van der Waals surface area contributed by atoms with Gasteiger partial charge in [-0.1, -0.05) is 12.1 Å². The topological polar surface area (TPSA) is 114 Å². The number of nitrogens with one attached hydrogen (secondary N) is 2. The SMILES string of the molecule is COc1ccc(-c2ccc(-c3cnc([C@H]4CC[C@H](NC(=O)OC(C)C)CC4)s3)c(S(=N)(=O)C3CC3)c2)cn1. The Morgan fingerprint density at radius 3 is 2.42 bits per heavy atom. The van der Waals surface area contributed by atoms with Crippen LogP contribution in [0, 0.1) is 4.78 Å². The molecule has 0 aliphatic heterocycles. The third kappa shape index (κ3) is 5.86. The summed E-state index contributed by atoms with van der Waals surface area (Å²) in [6.07, 6.45) is 8.40. The maximum absolute atomic E-state index is 13.7. The second-order valence-corrected chi connectivity index (χ2v) is 13.7. The normalized spacial score (nSPS) is 21.1. The summed E-state index contributed by atoms with van der Waals surface area (Å²) in [4.78, 5) is 22.5. The molecule has 2 saturated carbocycles. The van der Waals surface area contributed by atoms with E-state index in [9.17, 15) is 9.00 Å². The number of methoxy groups -OCH3 is 1. The van der Waals surface area contributed by atoms with Gasteiger partial charge < -0.3 is 14.8 Å². The maximum Gasteiger partial charge on any atom is 0.407 e. The van der Waals surface area contributed by atoms with E-state index in [2.05, 4.69) is 10.3 Å². The van der Waals surface area contributed by atoms with E-state index >= 15 is 0 Å². The van der Waals surface area contributed by atoms with Gasteiger partial charge in [-0.25, -0.2) is 23.8 Å². The summed E-state index contributed by atoms with van der Waals surface area (Å²) >= 11 is 1.62. The molecule has 2 N–H and O–H groups in total. The van der Waals surface area contributed by atoms with Gasteiger partial charge in [-0.3, -0.25) is 0 Å². The zero-order valence-corrected chi connectivity index (χ0v) is 23.6. The van der Waals surface area contributed by atoms with Gasteiger partial charge in [0.25, 0.3) is 0 Å². The molecule has 0 radical (unpaired) electrons. The molecule has 2 fully saturated rings. The van der Waals surface area contributed by atoms with Crippen LogP contribution in [-0.2, 0) is 14.5 Å². The number of benzene rings is 1. The molecular weight excluding hydrogens is 520 g/mol. The highest BCUT2D eigenvalue weighted by Crippen LogP contribution is 2.43. The lowest BCUT2D eigenvalue weighted by Crippen LogP contribution is -2.38. The average molecular weight is 555 g/mol. The van der Waals surface area contributed by atoms with Crippen LogP contribution in [0.4, 0.5) is 4.79 Å². The molecule has 38 heavy (non-hydrogen) atoms. The third-order valence-electron chi connectivity index (χ3n) is 7.11. The third-order valence-corrected chi connectivity index (χ3v) is 10.7. The first-order valence-corrected chi connectivity index (χ1v) is 15.5. The molecule has 10 heteroatoms. The average Bonchev–Trinajstić information content (AvgIpc) is 3.67. The Labute approximate surface area is 228 Å². The van der Waals surface area contributed by atoms with Gasteiger partial charge in [-0.15, -0.1) is 11.3 Å². The molecule has 2 aliphatic rings. The van der Waals surface area contributed by atoms with Crippen LogP contribution in [0.15, 0.2) is 47.6 Å². The van der Waals surface area contributed by atoms with Gasteiger partial charge in [0.15, 0.2) is 0 Å². The lowest BCUT2D eigenvalue weighted by atomic mass is 9.86. The minimum absolute atomic E-state index is 0.0944. The van der Waals surface area contributed by atoms with Gasteiger partial charge in [0, 0.05) is 46.8 Å². The van der Waals surface area contributed by atoms with Crippen LogP contribution >= 0.6 is 11.3 Å². The van der Waals surface area contributed by atoms with Crippen molar-refractivity contribution in [2.75, 3.05) is 7.11 Å². The van der Waals surface area contributed by atoms with Gasteiger partial charge in [0.2, 0.25) is 5.88 Å². The number of aromatic nitrogens is 2. The van der Waals surface area contributed by atoms with Gasteiger partial charge in [0.1, 0.15) is 0 Å². The van der Waals surface area contributed by atoms with E-state index in [0.717, 1.165) is 65.1 Å². The number of carbonyl (C=O) groups is 1. The summed E-state index contributed by atoms with van der Waals surface area (Å²) in [6, 6.07) is 9.72. The molecule has 2 aliphatic carbocycles. The van der Waals surface area contributed by atoms with E-state index in [1.807, 2.05) is 44.3 Å². The zero-order valence-electron chi connectivity index (χ0n) is 21.9. The fourth-order valence-electron chi connectivity index (χ4n) is 4.91. The number of nitrogens with zero attached hydrogens (tertiary/aromatic N) is 2. The second-order valence-electron chi connectivity index (χ2n) is 10.3. The quantitative estimate of drug-likeness (QED) is 0.324. The van der Waals surface area contributed by atoms with Crippen molar-refractivity contribution in [2.45, 2.75) is 80.6 Å². The molecule has 0 spiro atoms. The van der Waals surface area contributed by atoms with Crippen LogP contribution in [0.25, 0.3) is 21.6 Å². The number of carbonyl (C=O) groups excluding carboxylic acids is 1. The Hall–Kier alpha value is -2.98. The molecule has 0 bridgehead atoms. The minimum atomic E-state index is -2.95. The van der Waals surface area contributed by atoms with Crippen molar-refractivity contribution in [3.8, 4) is 27.4 Å². The van der Waals surface area contributed by atoms with E-state index in [4.69, 9.17) is 19.2 Å². The molecule has 5 rings (SSSR count). The molecule has 1 amide bonds. The molecule has 202 valence electrons. The highest BCUT2D eigenvalue weighted by molar-refractivity contribution is 7.93. The summed E-state index contributed by atoms with van der Waals surface area (Å²) in [7, 11) is -1.37. The number of ether oxygens (including phenoxy) is 2. The highest BCUT2D eigenvalue weighted by atomic mass is 32.2. The van der Waals surface area contributed by atoms with Crippen molar-refractivity contribution < 1.29 is 18.5 Å². The van der Waals surface area contributed by atoms with E-state index in [1.165, 1.54) is 0 Å². The lowest BCUT2D eigenvalue weighted by molar-refractivity contribution is 0.109. The van der Waals surface area contributed by atoms with Crippen LogP contribution in [0.1, 0.15) is 63.3 Å². The molecule has 2 heterocycles. The Morgan fingerprint density at radius 1 is 1.05 bits per heavy atom. The number of pyridine rings is 1. The molecule has 1 aromatic carbocycles. The van der Waals surface area contributed by atoms with Crippen molar-refractivity contribution >= 4 is 27.2 Å². The monoisotopic (exact) mass is 554 g/mol. The van der Waals surface area contributed by atoms with Crippen LogP contribution in [-0.4, -0.2) is 44.8 Å². The summed E-state index contributed by atoms with van der Waals surface area (Å²) in [5, 5.41) is 3.94. The van der Waals surface area contributed by atoms with Crippen molar-refractivity contribution in [3.05, 3.63) is 47.7 Å². The first-order valence-electron chi connectivity index (χ1n) is 13.1. The number of thiazole rings is 1. The van der Waals surface area contributed by atoms with Gasteiger partial charge in [0.05, 0.1) is 37.7 Å². The predicted molar refractivity (Wildman–Crippen MR) is 149 cm³/mol. The van der Waals surface area contributed by atoms with Gasteiger partial charge >= 0.3 is 6.09 Å². The van der Waals surface area contributed by atoms with Gasteiger partial charge in [-0.2, -0.15) is 0 Å². The van der Waals surface area contributed by atoms with Crippen molar-refractivity contribution in [3.63, 3.8) is 0 Å². The lowest BCUT2D eigenvalue weighted by Gasteiger charge is -2.28. The molecule has 1 unspecified atom stereocenters. The number of hydrogen-bond donors (Lipinski definition) is 2. The maximum atomic E-state index is 13.7. The van der Waals surface area contributed by atoms with E-state index in [1.54, 1.807) is 30.7 Å². The second kappa shape index (κ2) is 11.0. The fraction of sp³-hybridized carbons (Fsp3) is 0.464. The molecule has 8 nitrogen and oxygen atoms in total. The van der Waals surface area contributed by atoms with Crippen LogP contribution in [0.2, 0.25) is 0 Å². The summed E-state index contributed by atoms with van der Waals surface area (Å²) in [5.74, 6) is 0.857. The first-order chi connectivity index (χ1) is 18.2. The van der Waals surface area contributed by atoms with E-state index in [-0.39, 0.29) is 23.5 Å². The number of rotatable bonds is 8. The molecular formula is C28H34N4O4S2. The standard InChI is InChI=1S/C28H34N4O4S2/c1-17(2)36-28(33)32-21-8-4-18(5-9-21)27-31-16-24(37-27)23-12-6-19(20-7-13-26(35-3)30-15-20)14-25(23)38(29,34)22-10-11-22/h6-7,12-18,21-22,29H,4-5,8-11H2,1-3H3,(H,32,33)/t18-,21-,38?. The largest absolute Gasteiger partial charge is 0.481 e. The van der Waals surface area contributed by atoms with Crippen LogP contribution < -0.4 is 10.1 Å². The molecule has 1 atom stereocenters. The summed E-state index contributed by atoms with van der Waals surface area (Å²) in [6.45, 7) is 3.69. The minimum Gasteiger partial charge on any atom is -0.481 e. The smallest absolute Gasteiger partial charge is 0.407 e. The Balaban J connectivity index is 1.36. The molecule has 3 aromatic rings. The number of hydrogen-bond acceptors (Lipinski definition) is 8. The number of alkyl carbamates (subject to hydrolysis) is 1. The van der Waals surface area contributed by atoms with Gasteiger partial charge in [-0.05, 0) is 70.1 Å². The van der Waals surface area contributed by atoms with Crippen molar-refractivity contribution in [1.82, 2.24) is 15.3 Å². The number of amides is 1.